The van der Waals surface area contributed by atoms with Crippen LogP contribution in [0, 0.1) is 0 Å². The molecule has 2 aromatic rings. The standard InChI is InChI=1S/C15H10BrNO5/c16-12-6-5-11(22-12)15(20)21-8-7-17-13(18)9-3-1-2-4-10(9)14(17)19/h1-6H,7-8H2. The van der Waals surface area contributed by atoms with Crippen LogP contribution >= 0.6 is 15.9 Å². The number of benzene rings is 1. The fraction of sp³-hybridized carbons (Fsp3) is 0.133. The molecule has 0 saturated carbocycles. The highest BCUT2D eigenvalue weighted by atomic mass is 79.9. The third kappa shape index (κ3) is 2.55. The molecule has 0 fully saturated rings. The number of imide groups is 1. The van der Waals surface area contributed by atoms with Gasteiger partial charge in [0.1, 0.15) is 6.61 Å². The van der Waals surface area contributed by atoms with E-state index in [-0.39, 0.29) is 30.7 Å². The lowest BCUT2D eigenvalue weighted by Gasteiger charge is -2.13. The van der Waals surface area contributed by atoms with E-state index in [0.717, 1.165) is 4.90 Å². The average Bonchev–Trinajstić information content (AvgIpc) is 3.05. The lowest BCUT2D eigenvalue weighted by atomic mass is 10.1. The molecular formula is C15H10BrNO5. The first-order chi connectivity index (χ1) is 10.6. The van der Waals surface area contributed by atoms with E-state index < -0.39 is 5.97 Å². The number of hydrogen-bond acceptors (Lipinski definition) is 5. The highest BCUT2D eigenvalue weighted by molar-refractivity contribution is 9.10. The van der Waals surface area contributed by atoms with E-state index >= 15 is 0 Å². The van der Waals surface area contributed by atoms with E-state index in [4.69, 9.17) is 9.15 Å². The van der Waals surface area contributed by atoms with Crippen LogP contribution < -0.4 is 0 Å². The van der Waals surface area contributed by atoms with Gasteiger partial charge in [0.15, 0.2) is 4.67 Å². The number of fused-ring (bicyclic) bond motifs is 1. The van der Waals surface area contributed by atoms with Crippen molar-refractivity contribution in [3.63, 3.8) is 0 Å². The molecule has 0 N–H and O–H groups in total. The van der Waals surface area contributed by atoms with Crippen molar-refractivity contribution in [1.82, 2.24) is 4.90 Å². The second kappa shape index (κ2) is 5.76. The van der Waals surface area contributed by atoms with E-state index in [1.807, 2.05) is 0 Å². The Morgan fingerprint density at radius 2 is 1.73 bits per heavy atom. The molecule has 0 saturated heterocycles. The van der Waals surface area contributed by atoms with Gasteiger partial charge in [-0.05, 0) is 40.2 Å². The predicted molar refractivity (Wildman–Crippen MR) is 78.5 cm³/mol. The van der Waals surface area contributed by atoms with Gasteiger partial charge in [-0.25, -0.2) is 4.79 Å². The summed E-state index contributed by atoms with van der Waals surface area (Å²) in [5, 5.41) is 0. The summed E-state index contributed by atoms with van der Waals surface area (Å²) < 4.78 is 10.5. The van der Waals surface area contributed by atoms with Crippen LogP contribution in [0.4, 0.5) is 0 Å². The topological polar surface area (TPSA) is 76.8 Å². The molecule has 2 heterocycles. The summed E-state index contributed by atoms with van der Waals surface area (Å²) in [4.78, 5) is 36.9. The molecule has 112 valence electrons. The zero-order valence-corrected chi connectivity index (χ0v) is 12.8. The van der Waals surface area contributed by atoms with Crippen LogP contribution in [0.15, 0.2) is 45.5 Å². The molecule has 1 aromatic carbocycles. The highest BCUT2D eigenvalue weighted by Crippen LogP contribution is 2.22. The van der Waals surface area contributed by atoms with Crippen LogP contribution in [0.2, 0.25) is 0 Å². The number of halogens is 1. The van der Waals surface area contributed by atoms with Crippen molar-refractivity contribution >= 4 is 33.7 Å². The van der Waals surface area contributed by atoms with Crippen LogP contribution in [0.5, 0.6) is 0 Å². The van der Waals surface area contributed by atoms with Crippen molar-refractivity contribution in [2.45, 2.75) is 0 Å². The summed E-state index contributed by atoms with van der Waals surface area (Å²) in [6, 6.07) is 9.63. The Hall–Kier alpha value is -2.41. The fourth-order valence-corrected chi connectivity index (χ4v) is 2.47. The lowest BCUT2D eigenvalue weighted by Crippen LogP contribution is -2.33. The molecule has 1 aromatic heterocycles. The number of ether oxygens (including phenoxy) is 1. The molecule has 0 aliphatic carbocycles. The molecule has 0 bridgehead atoms. The zero-order valence-electron chi connectivity index (χ0n) is 11.2. The molecular weight excluding hydrogens is 354 g/mol. The largest absolute Gasteiger partial charge is 0.458 e. The molecule has 1 aliphatic heterocycles. The zero-order chi connectivity index (χ0) is 15.7. The van der Waals surface area contributed by atoms with Crippen LogP contribution in [0.25, 0.3) is 0 Å². The Kier molecular flexibility index (Phi) is 3.81. The van der Waals surface area contributed by atoms with E-state index in [0.29, 0.717) is 15.8 Å². The van der Waals surface area contributed by atoms with Gasteiger partial charge in [-0.3, -0.25) is 14.5 Å². The quantitative estimate of drug-likeness (QED) is 0.616. The minimum Gasteiger partial charge on any atom is -0.458 e. The maximum absolute atomic E-state index is 12.1. The van der Waals surface area contributed by atoms with Crippen LogP contribution in [0.1, 0.15) is 31.3 Å². The lowest BCUT2D eigenvalue weighted by molar-refractivity contribution is 0.0392. The minimum absolute atomic E-state index is 0.0000348. The van der Waals surface area contributed by atoms with E-state index in [9.17, 15) is 14.4 Å². The summed E-state index contributed by atoms with van der Waals surface area (Å²) in [5.74, 6) is -1.36. The first kappa shape index (κ1) is 14.5. The fourth-order valence-electron chi connectivity index (χ4n) is 2.17. The molecule has 6 nitrogen and oxygen atoms in total. The molecule has 3 rings (SSSR count). The van der Waals surface area contributed by atoms with Crippen molar-refractivity contribution in [3.05, 3.63) is 58.0 Å². The molecule has 0 unspecified atom stereocenters. The van der Waals surface area contributed by atoms with E-state index in [1.165, 1.54) is 6.07 Å². The van der Waals surface area contributed by atoms with Gasteiger partial charge >= 0.3 is 5.97 Å². The summed E-state index contributed by atoms with van der Waals surface area (Å²) >= 11 is 3.08. The maximum atomic E-state index is 12.1. The Balaban J connectivity index is 1.60. The van der Waals surface area contributed by atoms with Gasteiger partial charge in [0, 0.05) is 0 Å². The molecule has 0 radical (unpaired) electrons. The number of hydrogen-bond donors (Lipinski definition) is 0. The SMILES string of the molecule is O=C(OCCN1C(=O)c2ccccc2C1=O)c1ccc(Br)o1. The van der Waals surface area contributed by atoms with Gasteiger partial charge < -0.3 is 9.15 Å². The first-order valence-corrected chi connectivity index (χ1v) is 7.25. The number of carbonyl (C=O) groups excluding carboxylic acids is 3. The summed E-state index contributed by atoms with van der Waals surface area (Å²) in [6.45, 7) is -0.0947. The molecule has 22 heavy (non-hydrogen) atoms. The van der Waals surface area contributed by atoms with Crippen molar-refractivity contribution in [2.24, 2.45) is 0 Å². The minimum atomic E-state index is -0.651. The van der Waals surface area contributed by atoms with Crippen molar-refractivity contribution in [1.29, 1.82) is 0 Å². The highest BCUT2D eigenvalue weighted by Gasteiger charge is 2.34. The van der Waals surface area contributed by atoms with Gasteiger partial charge in [0.2, 0.25) is 5.76 Å². The van der Waals surface area contributed by atoms with Crippen molar-refractivity contribution < 1.29 is 23.5 Å². The Morgan fingerprint density at radius 3 is 2.27 bits per heavy atom. The van der Waals surface area contributed by atoms with Crippen LogP contribution in [-0.2, 0) is 4.74 Å². The molecule has 2 amide bonds. The molecule has 7 heteroatoms. The van der Waals surface area contributed by atoms with Crippen LogP contribution in [0.3, 0.4) is 0 Å². The van der Waals surface area contributed by atoms with Gasteiger partial charge in [0.05, 0.1) is 17.7 Å². The van der Waals surface area contributed by atoms with Crippen molar-refractivity contribution in [2.75, 3.05) is 13.2 Å². The molecule has 0 atom stereocenters. The Bertz CT molecular complexity index is 732. The van der Waals surface area contributed by atoms with Crippen molar-refractivity contribution in [3.8, 4) is 0 Å². The second-order valence-corrected chi connectivity index (χ2v) is 5.33. The summed E-state index contributed by atoms with van der Waals surface area (Å²) in [5.41, 5.74) is 0.739. The number of rotatable bonds is 4. The normalized spacial score (nSPS) is 13.4. The molecule has 1 aliphatic rings. The Labute approximate surface area is 133 Å². The average molecular weight is 364 g/mol. The number of esters is 1. The predicted octanol–water partition coefficient (Wildman–Crippen LogP) is 2.50. The number of nitrogens with zero attached hydrogens (tertiary/aromatic N) is 1. The monoisotopic (exact) mass is 363 g/mol. The second-order valence-electron chi connectivity index (χ2n) is 4.55. The van der Waals surface area contributed by atoms with E-state index in [2.05, 4.69) is 15.9 Å². The van der Waals surface area contributed by atoms with Gasteiger partial charge in [-0.1, -0.05) is 12.1 Å². The number of amides is 2. The third-order valence-electron chi connectivity index (χ3n) is 3.20. The van der Waals surface area contributed by atoms with Gasteiger partial charge in [-0.15, -0.1) is 0 Å². The molecule has 0 spiro atoms. The number of furan rings is 1. The summed E-state index contributed by atoms with van der Waals surface area (Å²) in [6.07, 6.45) is 0. The van der Waals surface area contributed by atoms with Crippen LogP contribution in [-0.4, -0.2) is 35.8 Å². The summed E-state index contributed by atoms with van der Waals surface area (Å²) in [7, 11) is 0. The number of carbonyl (C=O) groups is 3. The first-order valence-electron chi connectivity index (χ1n) is 6.45. The smallest absolute Gasteiger partial charge is 0.374 e. The third-order valence-corrected chi connectivity index (χ3v) is 3.63. The van der Waals surface area contributed by atoms with E-state index in [1.54, 1.807) is 30.3 Å². The van der Waals surface area contributed by atoms with Gasteiger partial charge in [-0.2, -0.15) is 0 Å². The van der Waals surface area contributed by atoms with Gasteiger partial charge in [0.25, 0.3) is 11.8 Å². The Morgan fingerprint density at radius 1 is 1.09 bits per heavy atom. The maximum Gasteiger partial charge on any atom is 0.374 e.